The van der Waals surface area contributed by atoms with E-state index in [-0.39, 0.29) is 46.7 Å². The molecule has 1 nitrogen and oxygen atoms in total. The summed E-state index contributed by atoms with van der Waals surface area (Å²) in [5.74, 6) is 0. The first-order chi connectivity index (χ1) is 34.6. The second-order valence-corrected chi connectivity index (χ2v) is 15.5. The molecule has 11 aromatic carbocycles. The molecule has 1 heteroatoms. The molecule has 0 amide bonds. The zero-order chi connectivity index (χ0) is 48.9. The van der Waals surface area contributed by atoms with Crippen LogP contribution in [0.4, 0.5) is 17.1 Å². The van der Waals surface area contributed by atoms with Gasteiger partial charge in [-0.05, 0) is 137 Å². The Morgan fingerprint density at radius 3 is 1.44 bits per heavy atom. The van der Waals surface area contributed by atoms with Gasteiger partial charge in [0.1, 0.15) is 0 Å². The first-order valence-corrected chi connectivity index (χ1v) is 21.0. The highest BCUT2D eigenvalue weighted by Gasteiger charge is 2.17. The first kappa shape index (κ1) is 29.9. The number of nitrogens with zero attached hydrogens (tertiary/aromatic N) is 1. The minimum absolute atomic E-state index is 0.0880. The van der Waals surface area contributed by atoms with Gasteiger partial charge in [0.2, 0.25) is 0 Å². The molecule has 63 heavy (non-hydrogen) atoms. The van der Waals surface area contributed by atoms with E-state index in [9.17, 15) is 11.0 Å². The van der Waals surface area contributed by atoms with Gasteiger partial charge in [-0.2, -0.15) is 0 Å². The molecule has 0 atom stereocenters. The van der Waals surface area contributed by atoms with E-state index in [4.69, 9.17) is 0 Å². The van der Waals surface area contributed by atoms with E-state index >= 15 is 0 Å². The minimum atomic E-state index is -0.410. The topological polar surface area (TPSA) is 3.24 Å². The lowest BCUT2D eigenvalue weighted by atomic mass is 9.89. The van der Waals surface area contributed by atoms with Gasteiger partial charge in [-0.1, -0.05) is 212 Å². The third-order valence-electron chi connectivity index (χ3n) is 11.6. The monoisotopic (exact) mass is 809 g/mol. The number of rotatable bonds is 9. The molecule has 0 aliphatic rings. The molecule has 0 fully saturated rings. The molecule has 0 bridgehead atoms. The van der Waals surface area contributed by atoms with Crippen LogP contribution in [-0.4, -0.2) is 0 Å². The maximum Gasteiger partial charge on any atom is 0.0645 e. The van der Waals surface area contributed by atoms with Crippen LogP contribution in [0.5, 0.6) is 0 Å². The van der Waals surface area contributed by atoms with Gasteiger partial charge in [0.05, 0.1) is 11.0 Å². The van der Waals surface area contributed by atoms with Crippen molar-refractivity contribution in [2.45, 2.75) is 0 Å². The SMILES string of the molecule is [2H]c1c([2H])c(N(c2cccc(-c3ccc4ccccc4c3)c2)c2c([2H])c([2H])c(-c3ccc4ccccc4c3-c3ccccc3)c([2H])c2[2H])c([2H])c([2H])c1-c1ccc(-c2ccccc2)c(-c2ccccc2)c1. The maximum atomic E-state index is 9.87. The second kappa shape index (κ2) is 16.7. The van der Waals surface area contributed by atoms with Gasteiger partial charge in [-0.25, -0.2) is 0 Å². The van der Waals surface area contributed by atoms with Crippen molar-refractivity contribution in [3.63, 3.8) is 0 Å². The Kier molecular flexibility index (Phi) is 7.90. The van der Waals surface area contributed by atoms with Crippen molar-refractivity contribution in [3.05, 3.63) is 261 Å². The predicted molar refractivity (Wildman–Crippen MR) is 269 cm³/mol. The van der Waals surface area contributed by atoms with Crippen molar-refractivity contribution in [3.8, 4) is 66.8 Å². The van der Waals surface area contributed by atoms with Gasteiger partial charge in [0, 0.05) is 17.1 Å². The number of hydrogen-bond donors (Lipinski definition) is 0. The molecule has 0 unspecified atom stereocenters. The number of benzene rings is 11. The Bertz CT molecular complexity index is 3800. The van der Waals surface area contributed by atoms with Crippen molar-refractivity contribution < 1.29 is 11.0 Å². The van der Waals surface area contributed by atoms with E-state index in [1.165, 1.54) is 4.90 Å². The molecule has 296 valence electrons. The van der Waals surface area contributed by atoms with E-state index in [0.29, 0.717) is 16.8 Å². The summed E-state index contributed by atoms with van der Waals surface area (Å²) in [6, 6.07) is 65.3. The number of fused-ring (bicyclic) bond motifs is 2. The number of hydrogen-bond acceptors (Lipinski definition) is 1. The summed E-state index contributed by atoms with van der Waals surface area (Å²) in [4.78, 5) is 1.38. The summed E-state index contributed by atoms with van der Waals surface area (Å²) in [5, 5.41) is 3.93. The van der Waals surface area contributed by atoms with Gasteiger partial charge in [0.25, 0.3) is 0 Å². The molecule has 0 aliphatic carbocycles. The van der Waals surface area contributed by atoms with Crippen LogP contribution in [0.15, 0.2) is 261 Å². The molecular formula is C62H43N. The van der Waals surface area contributed by atoms with Crippen LogP contribution >= 0.6 is 0 Å². The summed E-state index contributed by atoms with van der Waals surface area (Å²) >= 11 is 0. The lowest BCUT2D eigenvalue weighted by Gasteiger charge is -2.27. The molecule has 0 saturated carbocycles. The average molecular weight is 810 g/mol. The fraction of sp³-hybridized carbons (Fsp3) is 0. The van der Waals surface area contributed by atoms with Gasteiger partial charge < -0.3 is 4.90 Å². The molecule has 0 saturated heterocycles. The third kappa shape index (κ3) is 7.47. The summed E-state index contributed by atoms with van der Waals surface area (Å²) in [7, 11) is 0. The normalized spacial score (nSPS) is 13.0. The van der Waals surface area contributed by atoms with E-state index in [1.807, 2.05) is 200 Å². The molecule has 0 spiro atoms. The Hall–Kier alpha value is -8.26. The van der Waals surface area contributed by atoms with Crippen LogP contribution in [0.2, 0.25) is 0 Å². The smallest absolute Gasteiger partial charge is 0.0645 e. The molecule has 11 rings (SSSR count). The quantitative estimate of drug-likeness (QED) is 0.140. The van der Waals surface area contributed by atoms with Crippen LogP contribution in [-0.2, 0) is 0 Å². The maximum absolute atomic E-state index is 9.87. The molecule has 0 radical (unpaired) electrons. The van der Waals surface area contributed by atoms with E-state index in [0.717, 1.165) is 66.1 Å². The zero-order valence-electron chi connectivity index (χ0n) is 42.2. The standard InChI is InChI=1S/C62H43N/c1-4-16-46(17-5-1)58-39-34-54(43-61(58)47-18-6-2-7-19-47)45-29-35-55(36-30-45)63(57-25-14-24-52(42-57)53-28-27-44-15-10-11-23-51(44)41-53)56-37-31-49(32-38-56)60-40-33-48-20-12-13-26-59(48)62(60)50-21-8-3-9-22-50/h1-43H/i29D,30D,31D,32D,35D,36D,37D,38D. The lowest BCUT2D eigenvalue weighted by Crippen LogP contribution is -2.10. The van der Waals surface area contributed by atoms with Crippen molar-refractivity contribution in [1.82, 2.24) is 0 Å². The largest absolute Gasteiger partial charge is 0.310 e. The van der Waals surface area contributed by atoms with Gasteiger partial charge in [-0.15, -0.1) is 0 Å². The Balaban J connectivity index is 1.15. The van der Waals surface area contributed by atoms with E-state index in [2.05, 4.69) is 6.07 Å². The van der Waals surface area contributed by atoms with Crippen molar-refractivity contribution in [2.75, 3.05) is 4.90 Å². The van der Waals surface area contributed by atoms with Crippen LogP contribution in [0, 0.1) is 0 Å². The molecule has 0 heterocycles. The molecule has 0 N–H and O–H groups in total. The van der Waals surface area contributed by atoms with Gasteiger partial charge >= 0.3 is 0 Å². The van der Waals surface area contributed by atoms with Crippen molar-refractivity contribution >= 4 is 38.6 Å². The van der Waals surface area contributed by atoms with Crippen LogP contribution < -0.4 is 4.90 Å². The third-order valence-corrected chi connectivity index (χ3v) is 11.6. The molecule has 0 aliphatic heterocycles. The highest BCUT2D eigenvalue weighted by atomic mass is 15.1. The zero-order valence-corrected chi connectivity index (χ0v) is 34.2. The Morgan fingerprint density at radius 1 is 0.254 bits per heavy atom. The van der Waals surface area contributed by atoms with Crippen LogP contribution in [0.1, 0.15) is 11.0 Å². The molecular weight excluding hydrogens is 759 g/mol. The van der Waals surface area contributed by atoms with Crippen molar-refractivity contribution in [2.24, 2.45) is 0 Å². The Labute approximate surface area is 380 Å². The fourth-order valence-corrected chi connectivity index (χ4v) is 8.50. The minimum Gasteiger partial charge on any atom is -0.310 e. The van der Waals surface area contributed by atoms with E-state index in [1.54, 1.807) is 6.07 Å². The first-order valence-electron chi connectivity index (χ1n) is 25.0. The Morgan fingerprint density at radius 2 is 0.746 bits per heavy atom. The predicted octanol–water partition coefficient (Wildman–Crippen LogP) is 17.5. The second-order valence-electron chi connectivity index (χ2n) is 15.5. The van der Waals surface area contributed by atoms with E-state index < -0.39 is 24.2 Å². The highest BCUT2D eigenvalue weighted by molar-refractivity contribution is 6.04. The van der Waals surface area contributed by atoms with Gasteiger partial charge in [-0.3, -0.25) is 0 Å². The van der Waals surface area contributed by atoms with Crippen molar-refractivity contribution in [1.29, 1.82) is 0 Å². The lowest BCUT2D eigenvalue weighted by molar-refractivity contribution is 1.28. The summed E-state index contributed by atoms with van der Waals surface area (Å²) in [6.45, 7) is 0. The summed E-state index contributed by atoms with van der Waals surface area (Å²) in [6.07, 6.45) is 0. The highest BCUT2D eigenvalue weighted by Crippen LogP contribution is 2.42. The average Bonchev–Trinajstić information content (AvgIpc) is 3.42. The van der Waals surface area contributed by atoms with Crippen LogP contribution in [0.25, 0.3) is 88.3 Å². The fourth-order valence-electron chi connectivity index (χ4n) is 8.50. The summed E-state index contributed by atoms with van der Waals surface area (Å²) in [5.41, 5.74) is 8.02. The number of anilines is 3. The molecule has 0 aromatic heterocycles. The molecule has 11 aromatic rings. The summed E-state index contributed by atoms with van der Waals surface area (Å²) < 4.78 is 78.4. The van der Waals surface area contributed by atoms with Crippen LogP contribution in [0.3, 0.4) is 0 Å². The van der Waals surface area contributed by atoms with Gasteiger partial charge in [0.15, 0.2) is 0 Å².